The van der Waals surface area contributed by atoms with E-state index in [1.54, 1.807) is 0 Å². The Morgan fingerprint density at radius 1 is 1.22 bits per heavy atom. The predicted octanol–water partition coefficient (Wildman–Crippen LogP) is 4.00. The first-order valence-corrected chi connectivity index (χ1v) is 6.85. The summed E-state index contributed by atoms with van der Waals surface area (Å²) in [6.07, 6.45) is 1.93. The summed E-state index contributed by atoms with van der Waals surface area (Å²) in [5.74, 6) is 0. The summed E-state index contributed by atoms with van der Waals surface area (Å²) in [6, 6.07) is 12.8. The van der Waals surface area contributed by atoms with Crippen LogP contribution in [0.4, 0.5) is 0 Å². The van der Waals surface area contributed by atoms with Crippen molar-refractivity contribution in [2.75, 3.05) is 0 Å². The molecule has 1 aromatic heterocycles. The fraction of sp³-hybridized carbons (Fsp3) is 0.267. The Morgan fingerprint density at radius 3 is 2.67 bits per heavy atom. The Morgan fingerprint density at radius 2 is 2.00 bits per heavy atom. The van der Waals surface area contributed by atoms with Crippen LogP contribution in [0.2, 0.25) is 0 Å². The summed E-state index contributed by atoms with van der Waals surface area (Å²) < 4.78 is 1.15. The van der Waals surface area contributed by atoms with Gasteiger partial charge in [0.15, 0.2) is 0 Å². The number of halogens is 1. The van der Waals surface area contributed by atoms with E-state index in [0.29, 0.717) is 6.04 Å². The molecule has 94 valence electrons. The Kier molecular flexibility index (Phi) is 4.50. The second kappa shape index (κ2) is 6.12. The zero-order valence-corrected chi connectivity index (χ0v) is 12.2. The normalized spacial score (nSPS) is 12.4. The molecule has 0 saturated heterocycles. The summed E-state index contributed by atoms with van der Waals surface area (Å²) in [5, 5.41) is 3.51. The van der Waals surface area contributed by atoms with Gasteiger partial charge in [-0.25, -0.2) is 0 Å². The molecule has 1 heterocycles. The molecule has 0 aliphatic rings. The third-order valence-electron chi connectivity index (χ3n) is 2.96. The van der Waals surface area contributed by atoms with Gasteiger partial charge in [-0.2, -0.15) is 0 Å². The largest absolute Gasteiger partial charge is 0.306 e. The molecule has 2 nitrogen and oxygen atoms in total. The average Bonchev–Trinajstić information content (AvgIpc) is 2.38. The first-order chi connectivity index (χ1) is 8.66. The molecule has 0 aliphatic heterocycles. The van der Waals surface area contributed by atoms with E-state index < -0.39 is 0 Å². The lowest BCUT2D eigenvalue weighted by Gasteiger charge is -2.15. The fourth-order valence-electron chi connectivity index (χ4n) is 1.81. The second-order valence-electron chi connectivity index (χ2n) is 4.43. The molecule has 3 heteroatoms. The number of nitrogens with one attached hydrogen (secondary N) is 1. The zero-order chi connectivity index (χ0) is 13.0. The van der Waals surface area contributed by atoms with Gasteiger partial charge >= 0.3 is 0 Å². The maximum absolute atomic E-state index is 4.30. The standard InChI is InChI=1S/C15H17BrN2/c1-11-7-8-13(9-17-11)10-18-12(2)14-5-3-4-6-15(14)16/h3-9,12,18H,10H2,1-2H3/t12-/m0/s1. The molecule has 2 aromatic rings. The monoisotopic (exact) mass is 304 g/mol. The first-order valence-electron chi connectivity index (χ1n) is 6.06. The summed E-state index contributed by atoms with van der Waals surface area (Å²) in [5.41, 5.74) is 3.54. The number of benzene rings is 1. The number of aromatic nitrogens is 1. The Bertz CT molecular complexity index is 508. The van der Waals surface area contributed by atoms with Crippen LogP contribution in [0.25, 0.3) is 0 Å². The van der Waals surface area contributed by atoms with E-state index in [1.807, 2.05) is 25.3 Å². The van der Waals surface area contributed by atoms with Gasteiger partial charge in [-0.05, 0) is 37.1 Å². The van der Waals surface area contributed by atoms with Crippen LogP contribution >= 0.6 is 15.9 Å². The van der Waals surface area contributed by atoms with E-state index in [0.717, 1.165) is 16.7 Å². The van der Waals surface area contributed by atoms with Crippen molar-refractivity contribution in [2.45, 2.75) is 26.4 Å². The molecule has 0 saturated carbocycles. The number of rotatable bonds is 4. The van der Waals surface area contributed by atoms with E-state index in [9.17, 15) is 0 Å². The Labute approximate surface area is 117 Å². The van der Waals surface area contributed by atoms with E-state index in [4.69, 9.17) is 0 Å². The summed E-state index contributed by atoms with van der Waals surface area (Å²) in [7, 11) is 0. The molecule has 0 fully saturated rings. The highest BCUT2D eigenvalue weighted by Crippen LogP contribution is 2.22. The van der Waals surface area contributed by atoms with Gasteiger partial charge in [-0.1, -0.05) is 40.2 Å². The molecule has 1 N–H and O–H groups in total. The van der Waals surface area contributed by atoms with Gasteiger partial charge in [0.2, 0.25) is 0 Å². The lowest BCUT2D eigenvalue weighted by atomic mass is 10.1. The summed E-state index contributed by atoms with van der Waals surface area (Å²) in [6.45, 7) is 5.00. The van der Waals surface area contributed by atoms with Crippen LogP contribution in [-0.4, -0.2) is 4.98 Å². The summed E-state index contributed by atoms with van der Waals surface area (Å²) >= 11 is 3.58. The van der Waals surface area contributed by atoms with Gasteiger partial charge < -0.3 is 5.32 Å². The maximum atomic E-state index is 4.30. The van der Waals surface area contributed by atoms with Crippen molar-refractivity contribution in [3.05, 3.63) is 63.9 Å². The smallest absolute Gasteiger partial charge is 0.0372 e. The number of nitrogens with zero attached hydrogens (tertiary/aromatic N) is 1. The van der Waals surface area contributed by atoms with Crippen molar-refractivity contribution in [3.63, 3.8) is 0 Å². The first kappa shape index (κ1) is 13.2. The molecule has 0 unspecified atom stereocenters. The van der Waals surface area contributed by atoms with E-state index >= 15 is 0 Å². The van der Waals surface area contributed by atoms with Gasteiger partial charge in [0.05, 0.1) is 0 Å². The minimum absolute atomic E-state index is 0.307. The third-order valence-corrected chi connectivity index (χ3v) is 3.68. The van der Waals surface area contributed by atoms with Crippen LogP contribution in [0.3, 0.4) is 0 Å². The SMILES string of the molecule is Cc1ccc(CN[C@@H](C)c2ccccc2Br)cn1. The number of aryl methyl sites for hydroxylation is 1. The molecule has 2 rings (SSSR count). The lowest BCUT2D eigenvalue weighted by molar-refractivity contribution is 0.572. The van der Waals surface area contributed by atoms with Gasteiger partial charge in [-0.3, -0.25) is 4.98 Å². The highest BCUT2D eigenvalue weighted by Gasteiger charge is 2.07. The summed E-state index contributed by atoms with van der Waals surface area (Å²) in [4.78, 5) is 4.30. The second-order valence-corrected chi connectivity index (χ2v) is 5.29. The molecular weight excluding hydrogens is 288 g/mol. The quantitative estimate of drug-likeness (QED) is 0.923. The molecule has 0 spiro atoms. The van der Waals surface area contributed by atoms with E-state index in [1.165, 1.54) is 11.1 Å². The predicted molar refractivity (Wildman–Crippen MR) is 78.4 cm³/mol. The lowest BCUT2D eigenvalue weighted by Crippen LogP contribution is -2.18. The Hall–Kier alpha value is -1.19. The van der Waals surface area contributed by atoms with Gasteiger partial charge in [0.25, 0.3) is 0 Å². The van der Waals surface area contributed by atoms with Crippen molar-refractivity contribution < 1.29 is 0 Å². The number of hydrogen-bond acceptors (Lipinski definition) is 2. The van der Waals surface area contributed by atoms with E-state index in [-0.39, 0.29) is 0 Å². The van der Waals surface area contributed by atoms with Crippen molar-refractivity contribution in [3.8, 4) is 0 Å². The molecule has 1 aromatic carbocycles. The fourth-order valence-corrected chi connectivity index (χ4v) is 2.44. The number of hydrogen-bond donors (Lipinski definition) is 1. The molecular formula is C15H17BrN2. The highest BCUT2D eigenvalue weighted by molar-refractivity contribution is 9.10. The number of pyridine rings is 1. The molecule has 1 atom stereocenters. The van der Waals surface area contributed by atoms with Gasteiger partial charge in [0, 0.05) is 29.0 Å². The van der Waals surface area contributed by atoms with Crippen LogP contribution < -0.4 is 5.32 Å². The van der Waals surface area contributed by atoms with Crippen LogP contribution in [0.5, 0.6) is 0 Å². The van der Waals surface area contributed by atoms with Crippen molar-refractivity contribution in [1.29, 1.82) is 0 Å². The third kappa shape index (κ3) is 3.40. The topological polar surface area (TPSA) is 24.9 Å². The molecule has 0 amide bonds. The van der Waals surface area contributed by atoms with Gasteiger partial charge in [0.1, 0.15) is 0 Å². The van der Waals surface area contributed by atoms with Crippen molar-refractivity contribution >= 4 is 15.9 Å². The molecule has 0 aliphatic carbocycles. The van der Waals surface area contributed by atoms with Crippen molar-refractivity contribution in [2.24, 2.45) is 0 Å². The van der Waals surface area contributed by atoms with Crippen LogP contribution in [-0.2, 0) is 6.54 Å². The van der Waals surface area contributed by atoms with Crippen LogP contribution in [0.1, 0.15) is 29.8 Å². The minimum atomic E-state index is 0.307. The minimum Gasteiger partial charge on any atom is -0.306 e. The molecule has 0 radical (unpaired) electrons. The Balaban J connectivity index is 1.98. The van der Waals surface area contributed by atoms with Crippen LogP contribution in [0.15, 0.2) is 47.1 Å². The highest BCUT2D eigenvalue weighted by atomic mass is 79.9. The van der Waals surface area contributed by atoms with E-state index in [2.05, 4.69) is 57.4 Å². The zero-order valence-electron chi connectivity index (χ0n) is 10.7. The van der Waals surface area contributed by atoms with Crippen molar-refractivity contribution in [1.82, 2.24) is 10.3 Å². The van der Waals surface area contributed by atoms with Crippen LogP contribution in [0, 0.1) is 6.92 Å². The van der Waals surface area contributed by atoms with Gasteiger partial charge in [-0.15, -0.1) is 0 Å². The molecule has 18 heavy (non-hydrogen) atoms. The molecule has 0 bridgehead atoms. The maximum Gasteiger partial charge on any atom is 0.0372 e. The average molecular weight is 305 g/mol.